The van der Waals surface area contributed by atoms with Gasteiger partial charge in [-0.05, 0) is 62.7 Å². The molecule has 27 heavy (non-hydrogen) atoms. The molecular formula is C22H25ClN4. The molecule has 5 heteroatoms. The fraction of sp³-hybridized carbons (Fsp3) is 0.364. The van der Waals surface area contributed by atoms with E-state index in [1.54, 1.807) is 0 Å². The molecule has 1 N–H and O–H groups in total. The van der Waals surface area contributed by atoms with Gasteiger partial charge in [-0.2, -0.15) is 0 Å². The average Bonchev–Trinajstić information content (AvgIpc) is 2.70. The minimum absolute atomic E-state index is 0.673. The Labute approximate surface area is 165 Å². The van der Waals surface area contributed by atoms with E-state index in [0.717, 1.165) is 41.2 Å². The topological polar surface area (TPSA) is 41.0 Å². The van der Waals surface area contributed by atoms with E-state index in [0.29, 0.717) is 11.1 Å². The van der Waals surface area contributed by atoms with E-state index in [9.17, 15) is 0 Å². The summed E-state index contributed by atoms with van der Waals surface area (Å²) in [6.45, 7) is 5.45. The van der Waals surface area contributed by atoms with Crippen molar-refractivity contribution in [1.82, 2.24) is 14.9 Å². The number of nitrogens with zero attached hydrogens (tertiary/aromatic N) is 3. The summed E-state index contributed by atoms with van der Waals surface area (Å²) in [6.07, 6.45) is 3.96. The maximum absolute atomic E-state index is 6.02. The highest BCUT2D eigenvalue weighted by molar-refractivity contribution is 6.30. The van der Waals surface area contributed by atoms with Crippen LogP contribution in [0, 0.1) is 0 Å². The van der Waals surface area contributed by atoms with Gasteiger partial charge in [0.25, 0.3) is 0 Å². The number of hydrogen-bond donors (Lipinski definition) is 1. The maximum Gasteiger partial charge on any atom is 0.162 e. The van der Waals surface area contributed by atoms with E-state index in [4.69, 9.17) is 21.6 Å². The number of anilines is 1. The highest BCUT2D eigenvalue weighted by atomic mass is 35.5. The molecule has 0 saturated carbocycles. The van der Waals surface area contributed by atoms with Gasteiger partial charge in [-0.25, -0.2) is 9.97 Å². The Morgan fingerprint density at radius 3 is 2.70 bits per heavy atom. The van der Waals surface area contributed by atoms with Crippen LogP contribution in [0.25, 0.3) is 22.3 Å². The highest BCUT2D eigenvalue weighted by Gasteiger charge is 2.17. The fourth-order valence-electron chi connectivity index (χ4n) is 3.75. The van der Waals surface area contributed by atoms with Crippen LogP contribution in [0.1, 0.15) is 26.2 Å². The monoisotopic (exact) mass is 380 g/mol. The molecule has 0 aliphatic carbocycles. The molecule has 1 aromatic heterocycles. The van der Waals surface area contributed by atoms with Crippen molar-refractivity contribution in [1.29, 1.82) is 0 Å². The minimum Gasteiger partial charge on any atom is -0.368 e. The predicted octanol–water partition coefficient (Wildman–Crippen LogP) is 5.24. The molecule has 0 bridgehead atoms. The lowest BCUT2D eigenvalue weighted by atomic mass is 10.0. The smallest absolute Gasteiger partial charge is 0.162 e. The molecular weight excluding hydrogens is 356 g/mol. The van der Waals surface area contributed by atoms with E-state index < -0.39 is 0 Å². The Bertz CT molecular complexity index is 910. The van der Waals surface area contributed by atoms with Gasteiger partial charge in [-0.15, -0.1) is 0 Å². The Morgan fingerprint density at radius 1 is 1.07 bits per heavy atom. The second-order valence-corrected chi connectivity index (χ2v) is 7.66. The Morgan fingerprint density at radius 2 is 1.89 bits per heavy atom. The van der Waals surface area contributed by atoms with Gasteiger partial charge in [0, 0.05) is 35.1 Å². The first kappa shape index (κ1) is 18.2. The summed E-state index contributed by atoms with van der Waals surface area (Å²) in [7, 11) is 0. The van der Waals surface area contributed by atoms with Gasteiger partial charge >= 0.3 is 0 Å². The van der Waals surface area contributed by atoms with Crippen LogP contribution in [0.2, 0.25) is 5.02 Å². The van der Waals surface area contributed by atoms with Crippen molar-refractivity contribution in [3.8, 4) is 11.4 Å². The van der Waals surface area contributed by atoms with Crippen molar-refractivity contribution in [2.24, 2.45) is 0 Å². The zero-order valence-corrected chi connectivity index (χ0v) is 16.4. The highest BCUT2D eigenvalue weighted by Crippen LogP contribution is 2.26. The van der Waals surface area contributed by atoms with E-state index in [2.05, 4.69) is 23.2 Å². The first-order valence-electron chi connectivity index (χ1n) is 9.71. The van der Waals surface area contributed by atoms with E-state index in [1.807, 2.05) is 42.5 Å². The van der Waals surface area contributed by atoms with Gasteiger partial charge in [-0.1, -0.05) is 30.2 Å². The first-order chi connectivity index (χ1) is 13.2. The van der Waals surface area contributed by atoms with Gasteiger partial charge in [0.1, 0.15) is 5.82 Å². The summed E-state index contributed by atoms with van der Waals surface area (Å²) in [5.74, 6) is 1.62. The van der Waals surface area contributed by atoms with Crippen LogP contribution in [-0.4, -0.2) is 40.5 Å². The summed E-state index contributed by atoms with van der Waals surface area (Å²) in [5, 5.41) is 5.33. The summed E-state index contributed by atoms with van der Waals surface area (Å²) < 4.78 is 0. The number of piperidine rings is 1. The number of aromatic nitrogens is 2. The molecule has 4 nitrogen and oxygen atoms in total. The minimum atomic E-state index is 0.673. The normalized spacial score (nSPS) is 17.9. The van der Waals surface area contributed by atoms with Crippen LogP contribution in [0.4, 0.5) is 5.82 Å². The molecule has 0 amide bonds. The van der Waals surface area contributed by atoms with Crippen molar-refractivity contribution in [3.63, 3.8) is 0 Å². The average molecular weight is 381 g/mol. The number of halogens is 1. The zero-order chi connectivity index (χ0) is 18.6. The standard InChI is InChI=1S/C22H25ClN4/c1-16-6-4-5-14-27(16)15-13-24-22-19-7-2-3-8-20(19)25-21(26-22)17-9-11-18(23)12-10-17/h2-3,7-12,16H,4-6,13-15H2,1H3,(H,24,25,26)/t16-/m1/s1. The van der Waals surface area contributed by atoms with Crippen molar-refractivity contribution < 1.29 is 0 Å². The lowest BCUT2D eigenvalue weighted by Crippen LogP contribution is -2.40. The molecule has 1 aliphatic rings. The molecule has 2 aromatic carbocycles. The number of rotatable bonds is 5. The third-order valence-electron chi connectivity index (χ3n) is 5.34. The molecule has 1 saturated heterocycles. The van der Waals surface area contributed by atoms with Gasteiger partial charge < -0.3 is 5.32 Å². The van der Waals surface area contributed by atoms with Crippen molar-refractivity contribution >= 4 is 28.3 Å². The molecule has 1 atom stereocenters. The first-order valence-corrected chi connectivity index (χ1v) is 10.1. The number of fused-ring (bicyclic) bond motifs is 1. The molecule has 0 unspecified atom stereocenters. The van der Waals surface area contributed by atoms with Crippen LogP contribution in [-0.2, 0) is 0 Å². The molecule has 2 heterocycles. The summed E-state index contributed by atoms with van der Waals surface area (Å²) in [6, 6.07) is 16.5. The summed E-state index contributed by atoms with van der Waals surface area (Å²) >= 11 is 6.02. The SMILES string of the molecule is C[C@@H]1CCCCN1CCNc1nc(-c2ccc(Cl)cc2)nc2ccccc12. The Balaban J connectivity index is 1.57. The maximum atomic E-state index is 6.02. The molecule has 1 aliphatic heterocycles. The van der Waals surface area contributed by atoms with E-state index in [-0.39, 0.29) is 0 Å². The predicted molar refractivity (Wildman–Crippen MR) is 113 cm³/mol. The summed E-state index contributed by atoms with van der Waals surface area (Å²) in [5.41, 5.74) is 1.92. The van der Waals surface area contributed by atoms with Gasteiger partial charge in [0.05, 0.1) is 5.52 Å². The van der Waals surface area contributed by atoms with E-state index >= 15 is 0 Å². The van der Waals surface area contributed by atoms with Crippen LogP contribution in [0.5, 0.6) is 0 Å². The molecule has 3 aromatic rings. The second-order valence-electron chi connectivity index (χ2n) is 7.23. The van der Waals surface area contributed by atoms with E-state index in [1.165, 1.54) is 25.8 Å². The largest absolute Gasteiger partial charge is 0.368 e. The Hall–Kier alpha value is -2.17. The molecule has 4 rings (SSSR count). The van der Waals surface area contributed by atoms with Crippen LogP contribution in [0.15, 0.2) is 48.5 Å². The number of benzene rings is 2. The number of nitrogens with one attached hydrogen (secondary N) is 1. The second kappa shape index (κ2) is 8.24. The van der Waals surface area contributed by atoms with Gasteiger partial charge in [0.15, 0.2) is 5.82 Å². The van der Waals surface area contributed by atoms with Crippen LogP contribution < -0.4 is 5.32 Å². The molecule has 140 valence electrons. The van der Waals surface area contributed by atoms with Crippen LogP contribution >= 0.6 is 11.6 Å². The van der Waals surface area contributed by atoms with Crippen molar-refractivity contribution in [2.45, 2.75) is 32.2 Å². The molecule has 0 spiro atoms. The van der Waals surface area contributed by atoms with Gasteiger partial charge in [0.2, 0.25) is 0 Å². The zero-order valence-electron chi connectivity index (χ0n) is 15.7. The third-order valence-corrected chi connectivity index (χ3v) is 5.59. The molecule has 1 fully saturated rings. The van der Waals surface area contributed by atoms with Gasteiger partial charge in [-0.3, -0.25) is 4.90 Å². The molecule has 0 radical (unpaired) electrons. The lowest BCUT2D eigenvalue weighted by molar-refractivity contribution is 0.167. The summed E-state index contributed by atoms with van der Waals surface area (Å²) in [4.78, 5) is 12.1. The number of likely N-dealkylation sites (tertiary alicyclic amines) is 1. The number of hydrogen-bond acceptors (Lipinski definition) is 4. The number of para-hydroxylation sites is 1. The lowest BCUT2D eigenvalue weighted by Gasteiger charge is -2.33. The quantitative estimate of drug-likeness (QED) is 0.657. The fourth-order valence-corrected chi connectivity index (χ4v) is 3.87. The Kier molecular flexibility index (Phi) is 5.55. The van der Waals surface area contributed by atoms with Crippen molar-refractivity contribution in [2.75, 3.05) is 25.0 Å². The van der Waals surface area contributed by atoms with Crippen molar-refractivity contribution in [3.05, 3.63) is 53.6 Å². The third kappa shape index (κ3) is 4.23. The van der Waals surface area contributed by atoms with Crippen LogP contribution in [0.3, 0.4) is 0 Å².